The summed E-state index contributed by atoms with van der Waals surface area (Å²) in [6.45, 7) is -1.80. The molecule has 1 aliphatic rings. The Morgan fingerprint density at radius 3 is 2.50 bits per heavy atom. The van der Waals surface area contributed by atoms with Gasteiger partial charge in [0.2, 0.25) is 0 Å². The lowest BCUT2D eigenvalue weighted by Gasteiger charge is -2.31. The van der Waals surface area contributed by atoms with Gasteiger partial charge >= 0.3 is 12.1 Å². The number of nitrogens with one attached hydrogen (secondary N) is 1. The number of piperidine rings is 1. The molecule has 1 atom stereocenters. The van der Waals surface area contributed by atoms with E-state index in [9.17, 15) is 26.4 Å². The van der Waals surface area contributed by atoms with Gasteiger partial charge in [0.25, 0.3) is 10.2 Å². The second-order valence-electron chi connectivity index (χ2n) is 3.90. The van der Waals surface area contributed by atoms with Crippen LogP contribution in [-0.4, -0.2) is 49.1 Å². The van der Waals surface area contributed by atoms with E-state index in [-0.39, 0.29) is 13.0 Å². The number of rotatable bonds is 4. The van der Waals surface area contributed by atoms with E-state index in [1.807, 2.05) is 0 Å². The minimum Gasteiger partial charge on any atom is -0.480 e. The second kappa shape index (κ2) is 5.41. The van der Waals surface area contributed by atoms with Crippen LogP contribution in [0.5, 0.6) is 0 Å². The number of carboxylic acid groups (broad SMARTS) is 1. The molecule has 6 nitrogen and oxygen atoms in total. The molecular formula is C8H13F3N2O4S. The van der Waals surface area contributed by atoms with Crippen molar-refractivity contribution in [2.45, 2.75) is 31.5 Å². The first kappa shape index (κ1) is 15.2. The summed E-state index contributed by atoms with van der Waals surface area (Å²) in [6, 6.07) is -1.30. The number of hydrogen-bond donors (Lipinski definition) is 2. The lowest BCUT2D eigenvalue weighted by Crippen LogP contribution is -2.53. The third kappa shape index (κ3) is 4.10. The Labute approximate surface area is 102 Å². The summed E-state index contributed by atoms with van der Waals surface area (Å²) >= 11 is 0. The fourth-order valence-corrected chi connectivity index (χ4v) is 3.11. The molecule has 18 heavy (non-hydrogen) atoms. The lowest BCUT2D eigenvalue weighted by molar-refractivity contribution is -0.142. The summed E-state index contributed by atoms with van der Waals surface area (Å²) in [7, 11) is -4.43. The molecule has 0 unspecified atom stereocenters. The Balaban J connectivity index is 2.78. The van der Waals surface area contributed by atoms with E-state index in [0.29, 0.717) is 17.1 Å². The molecule has 106 valence electrons. The minimum absolute atomic E-state index is 0.0931. The van der Waals surface area contributed by atoms with Crippen molar-refractivity contribution in [3.05, 3.63) is 0 Å². The highest BCUT2D eigenvalue weighted by atomic mass is 32.2. The first-order valence-electron chi connectivity index (χ1n) is 5.19. The van der Waals surface area contributed by atoms with Crippen molar-refractivity contribution >= 4 is 16.2 Å². The summed E-state index contributed by atoms with van der Waals surface area (Å²) < 4.78 is 61.0. The maximum atomic E-state index is 11.9. The molecule has 2 N–H and O–H groups in total. The Bertz CT molecular complexity index is 409. The third-order valence-electron chi connectivity index (χ3n) is 2.50. The quantitative estimate of drug-likeness (QED) is 0.781. The zero-order valence-corrected chi connectivity index (χ0v) is 10.1. The molecule has 1 heterocycles. The highest BCUT2D eigenvalue weighted by Gasteiger charge is 2.38. The molecule has 0 bridgehead atoms. The van der Waals surface area contributed by atoms with Gasteiger partial charge in [-0.25, -0.2) is 0 Å². The van der Waals surface area contributed by atoms with Crippen molar-refractivity contribution < 1.29 is 31.5 Å². The Kier molecular flexibility index (Phi) is 4.56. The van der Waals surface area contributed by atoms with Gasteiger partial charge in [-0.3, -0.25) is 4.79 Å². The van der Waals surface area contributed by atoms with Crippen molar-refractivity contribution in [2.75, 3.05) is 13.1 Å². The first-order valence-corrected chi connectivity index (χ1v) is 6.63. The van der Waals surface area contributed by atoms with Crippen molar-refractivity contribution in [1.82, 2.24) is 9.03 Å². The molecule has 1 saturated heterocycles. The van der Waals surface area contributed by atoms with Crippen LogP contribution in [-0.2, 0) is 15.0 Å². The molecular weight excluding hydrogens is 277 g/mol. The van der Waals surface area contributed by atoms with Crippen molar-refractivity contribution in [2.24, 2.45) is 0 Å². The topological polar surface area (TPSA) is 86.7 Å². The highest BCUT2D eigenvalue weighted by molar-refractivity contribution is 7.87. The fraction of sp³-hybridized carbons (Fsp3) is 0.875. The monoisotopic (exact) mass is 290 g/mol. The van der Waals surface area contributed by atoms with Crippen LogP contribution in [0.25, 0.3) is 0 Å². The van der Waals surface area contributed by atoms with E-state index in [0.717, 1.165) is 0 Å². The normalized spacial score (nSPS) is 22.9. The number of carbonyl (C=O) groups is 1. The predicted octanol–water partition coefficient (Wildman–Crippen LogP) is 0.322. The number of carboxylic acids is 1. The summed E-state index contributed by atoms with van der Waals surface area (Å²) in [6.07, 6.45) is -3.62. The van der Waals surface area contributed by atoms with Crippen molar-refractivity contribution in [3.63, 3.8) is 0 Å². The van der Waals surface area contributed by atoms with E-state index in [4.69, 9.17) is 5.11 Å². The smallest absolute Gasteiger partial charge is 0.402 e. The van der Waals surface area contributed by atoms with E-state index in [2.05, 4.69) is 0 Å². The van der Waals surface area contributed by atoms with E-state index in [1.54, 1.807) is 0 Å². The Hall–Kier alpha value is -0.870. The van der Waals surface area contributed by atoms with Crippen LogP contribution in [0.4, 0.5) is 13.2 Å². The number of aliphatic carboxylic acids is 1. The standard InChI is InChI=1S/C8H13F3N2O4S/c9-8(10,11)5-12-18(16,17)13-4-2-1-3-6(13)7(14)15/h6,12H,1-5H2,(H,14,15)/t6-/m1/s1. The van der Waals surface area contributed by atoms with Crippen LogP contribution in [0.1, 0.15) is 19.3 Å². The number of alkyl halides is 3. The van der Waals surface area contributed by atoms with Gasteiger partial charge < -0.3 is 5.11 Å². The Morgan fingerprint density at radius 1 is 1.39 bits per heavy atom. The molecule has 1 rings (SSSR count). The molecule has 0 radical (unpaired) electrons. The summed E-state index contributed by atoms with van der Waals surface area (Å²) in [5.74, 6) is -1.35. The van der Waals surface area contributed by atoms with Gasteiger partial charge in [-0.1, -0.05) is 0 Å². The molecule has 10 heteroatoms. The number of halogens is 3. The fourth-order valence-electron chi connectivity index (χ4n) is 1.70. The van der Waals surface area contributed by atoms with Gasteiger partial charge in [-0.2, -0.15) is 30.6 Å². The molecule has 0 aliphatic carbocycles. The second-order valence-corrected chi connectivity index (χ2v) is 5.61. The van der Waals surface area contributed by atoms with Crippen LogP contribution in [0.2, 0.25) is 0 Å². The summed E-state index contributed by atoms with van der Waals surface area (Å²) in [5, 5.41) is 8.84. The zero-order chi connectivity index (χ0) is 14.0. The van der Waals surface area contributed by atoms with Crippen LogP contribution in [0.15, 0.2) is 0 Å². The Morgan fingerprint density at radius 2 is 2.00 bits per heavy atom. The predicted molar refractivity (Wildman–Crippen MR) is 55.0 cm³/mol. The largest absolute Gasteiger partial charge is 0.480 e. The van der Waals surface area contributed by atoms with Gasteiger partial charge in [-0.05, 0) is 19.3 Å². The van der Waals surface area contributed by atoms with Gasteiger partial charge in [0.15, 0.2) is 0 Å². The molecule has 1 fully saturated rings. The van der Waals surface area contributed by atoms with Crippen LogP contribution < -0.4 is 4.72 Å². The minimum atomic E-state index is -4.68. The first-order chi connectivity index (χ1) is 8.13. The zero-order valence-electron chi connectivity index (χ0n) is 9.27. The average molecular weight is 290 g/mol. The van der Waals surface area contributed by atoms with E-state index < -0.39 is 34.9 Å². The molecule has 0 aromatic rings. The summed E-state index contributed by atoms with van der Waals surface area (Å²) in [4.78, 5) is 10.9. The maximum Gasteiger partial charge on any atom is 0.402 e. The maximum absolute atomic E-state index is 11.9. The van der Waals surface area contributed by atoms with Crippen molar-refractivity contribution in [3.8, 4) is 0 Å². The van der Waals surface area contributed by atoms with Crippen molar-refractivity contribution in [1.29, 1.82) is 0 Å². The van der Waals surface area contributed by atoms with Gasteiger partial charge in [0, 0.05) is 6.54 Å². The van der Waals surface area contributed by atoms with E-state index in [1.165, 1.54) is 4.72 Å². The van der Waals surface area contributed by atoms with Crippen LogP contribution >= 0.6 is 0 Å². The van der Waals surface area contributed by atoms with Crippen LogP contribution in [0, 0.1) is 0 Å². The molecule has 0 aromatic carbocycles. The average Bonchev–Trinajstić information content (AvgIpc) is 2.26. The summed E-state index contributed by atoms with van der Waals surface area (Å²) in [5.41, 5.74) is 0. The van der Waals surface area contributed by atoms with E-state index >= 15 is 0 Å². The van der Waals surface area contributed by atoms with Gasteiger partial charge in [-0.15, -0.1) is 0 Å². The number of hydrogen-bond acceptors (Lipinski definition) is 3. The third-order valence-corrected chi connectivity index (χ3v) is 4.07. The highest BCUT2D eigenvalue weighted by Crippen LogP contribution is 2.21. The van der Waals surface area contributed by atoms with Crippen LogP contribution in [0.3, 0.4) is 0 Å². The molecule has 0 aromatic heterocycles. The molecule has 0 amide bonds. The lowest BCUT2D eigenvalue weighted by atomic mass is 10.1. The molecule has 1 aliphatic heterocycles. The number of nitrogens with zero attached hydrogens (tertiary/aromatic N) is 1. The van der Waals surface area contributed by atoms with Gasteiger partial charge in [0.05, 0.1) is 0 Å². The molecule has 0 saturated carbocycles. The van der Waals surface area contributed by atoms with Gasteiger partial charge in [0.1, 0.15) is 12.6 Å². The molecule has 0 spiro atoms. The SMILES string of the molecule is O=C(O)[C@H]1CCCCN1S(=O)(=O)NCC(F)(F)F.